The predicted molar refractivity (Wildman–Crippen MR) is 145 cm³/mol. The molecule has 5 N–H and O–H groups in total. The first-order chi connectivity index (χ1) is 19.0. The lowest BCUT2D eigenvalue weighted by Gasteiger charge is -2.46. The maximum absolute atomic E-state index is 12.1. The second-order valence-corrected chi connectivity index (χ2v) is 13.0. The molecular weight excluding hydrogens is 518 g/mol. The molecular formula is C30H47NO9. The van der Waals surface area contributed by atoms with E-state index in [-0.39, 0.29) is 35.6 Å². The Balaban J connectivity index is 1.47. The molecule has 1 unspecified atom stereocenters. The summed E-state index contributed by atoms with van der Waals surface area (Å²) in [5.41, 5.74) is 3.25. The minimum atomic E-state index is -1.55. The van der Waals surface area contributed by atoms with Gasteiger partial charge in [0.05, 0.1) is 19.3 Å². The molecule has 2 aliphatic heterocycles. The maximum Gasteiger partial charge on any atom is 0.251 e. The van der Waals surface area contributed by atoms with Gasteiger partial charge in [0.1, 0.15) is 30.5 Å². The molecule has 0 spiro atoms. The Morgan fingerprint density at radius 3 is 2.52 bits per heavy atom. The fourth-order valence-corrected chi connectivity index (χ4v) is 7.53. The maximum atomic E-state index is 12.1. The topological polar surface area (TPSA) is 150 Å². The van der Waals surface area contributed by atoms with Crippen LogP contribution in [0.5, 0.6) is 0 Å². The number of aliphatic hydroxyl groups is 4. The van der Waals surface area contributed by atoms with Gasteiger partial charge in [0.25, 0.3) is 5.91 Å². The van der Waals surface area contributed by atoms with E-state index < -0.39 is 49.0 Å². The van der Waals surface area contributed by atoms with Crippen LogP contribution in [0.25, 0.3) is 0 Å². The summed E-state index contributed by atoms with van der Waals surface area (Å²) in [5, 5.41) is 46.9. The van der Waals surface area contributed by atoms with Gasteiger partial charge in [-0.05, 0) is 49.0 Å². The van der Waals surface area contributed by atoms with Gasteiger partial charge in [-0.1, -0.05) is 44.9 Å². The third kappa shape index (κ3) is 5.54. The number of ether oxygens (including phenoxy) is 4. The molecule has 1 amide bonds. The second-order valence-electron chi connectivity index (χ2n) is 13.0. The summed E-state index contributed by atoms with van der Waals surface area (Å²) in [6.07, 6.45) is -2.89. The van der Waals surface area contributed by atoms with E-state index in [0.717, 1.165) is 31.3 Å². The van der Waals surface area contributed by atoms with Crippen molar-refractivity contribution in [3.8, 4) is 0 Å². The molecule has 40 heavy (non-hydrogen) atoms. The molecule has 0 aromatic rings. The van der Waals surface area contributed by atoms with Gasteiger partial charge in [0, 0.05) is 25.0 Å². The summed E-state index contributed by atoms with van der Waals surface area (Å²) in [6.45, 7) is 9.47. The van der Waals surface area contributed by atoms with Crippen molar-refractivity contribution < 1.29 is 44.2 Å². The van der Waals surface area contributed by atoms with Crippen molar-refractivity contribution in [3.05, 3.63) is 22.8 Å². The lowest BCUT2D eigenvalue weighted by atomic mass is 9.68. The molecule has 2 saturated heterocycles. The molecule has 10 nitrogen and oxygen atoms in total. The zero-order chi connectivity index (χ0) is 28.9. The number of aliphatic hydroxyl groups excluding tert-OH is 4. The largest absolute Gasteiger partial charge is 0.390 e. The summed E-state index contributed by atoms with van der Waals surface area (Å²) in [6, 6.07) is 0. The molecule has 0 radical (unpaired) electrons. The van der Waals surface area contributed by atoms with Gasteiger partial charge >= 0.3 is 0 Å². The molecule has 0 aromatic heterocycles. The number of nitrogens with one attached hydrogen (secondary N) is 1. The lowest BCUT2D eigenvalue weighted by molar-refractivity contribution is -0.310. The monoisotopic (exact) mass is 565 g/mol. The summed E-state index contributed by atoms with van der Waals surface area (Å²) in [7, 11) is 1.73. The molecule has 10 heteroatoms. The van der Waals surface area contributed by atoms with E-state index in [2.05, 4.69) is 39.1 Å². The van der Waals surface area contributed by atoms with Crippen LogP contribution in [0.3, 0.4) is 0 Å². The van der Waals surface area contributed by atoms with Crippen LogP contribution in [0.2, 0.25) is 0 Å². The van der Waals surface area contributed by atoms with Crippen molar-refractivity contribution >= 4 is 5.91 Å². The van der Waals surface area contributed by atoms with Gasteiger partial charge in [0.2, 0.25) is 0 Å². The number of hydrogen-bond acceptors (Lipinski definition) is 9. The summed E-state index contributed by atoms with van der Waals surface area (Å²) < 4.78 is 23.1. The normalized spacial score (nSPS) is 45.0. The lowest BCUT2D eigenvalue weighted by Crippen LogP contribution is -2.62. The fourth-order valence-electron chi connectivity index (χ4n) is 7.53. The van der Waals surface area contributed by atoms with Crippen molar-refractivity contribution in [1.29, 1.82) is 0 Å². The Morgan fingerprint density at radius 1 is 1.15 bits per heavy atom. The quantitative estimate of drug-likeness (QED) is 0.215. The highest BCUT2D eigenvalue weighted by Gasteiger charge is 2.52. The summed E-state index contributed by atoms with van der Waals surface area (Å²) in [5.74, 6) is 0.279. The Bertz CT molecular complexity index is 1010. The van der Waals surface area contributed by atoms with Gasteiger partial charge in [-0.2, -0.15) is 0 Å². The first kappa shape index (κ1) is 30.1. The second kappa shape index (κ2) is 11.7. The van der Waals surface area contributed by atoms with Crippen LogP contribution in [0.1, 0.15) is 53.4 Å². The van der Waals surface area contributed by atoms with Crippen LogP contribution in [0.4, 0.5) is 0 Å². The van der Waals surface area contributed by atoms with Crippen molar-refractivity contribution in [1.82, 2.24) is 5.32 Å². The molecule has 5 rings (SSSR count). The van der Waals surface area contributed by atoms with E-state index in [1.165, 1.54) is 11.1 Å². The van der Waals surface area contributed by atoms with Gasteiger partial charge in [-0.15, -0.1) is 0 Å². The highest BCUT2D eigenvalue weighted by molar-refractivity contribution is 5.82. The van der Waals surface area contributed by atoms with Crippen LogP contribution in [0.15, 0.2) is 22.8 Å². The van der Waals surface area contributed by atoms with Gasteiger partial charge < -0.3 is 44.7 Å². The van der Waals surface area contributed by atoms with E-state index in [9.17, 15) is 25.2 Å². The summed E-state index contributed by atoms with van der Waals surface area (Å²) >= 11 is 0. The number of methoxy groups -OCH3 is 1. The van der Waals surface area contributed by atoms with Crippen molar-refractivity contribution in [2.24, 2.45) is 29.1 Å². The van der Waals surface area contributed by atoms with Gasteiger partial charge in [0.15, 0.2) is 12.4 Å². The van der Waals surface area contributed by atoms with E-state index in [4.69, 9.17) is 18.9 Å². The molecule has 1 saturated carbocycles. The molecule has 226 valence electrons. The first-order valence-electron chi connectivity index (χ1n) is 14.8. The highest BCUT2D eigenvalue weighted by atomic mass is 16.7. The Kier molecular flexibility index (Phi) is 8.82. The zero-order valence-electron chi connectivity index (χ0n) is 24.3. The number of fused-ring (bicyclic) bond motifs is 2. The Hall–Kier alpha value is -1.37. The van der Waals surface area contributed by atoms with Crippen LogP contribution in [-0.4, -0.2) is 102 Å². The van der Waals surface area contributed by atoms with E-state index >= 15 is 0 Å². The minimum absolute atomic E-state index is 0.0835. The molecule has 5 aliphatic rings. The van der Waals surface area contributed by atoms with Crippen molar-refractivity contribution in [2.75, 3.05) is 26.9 Å². The highest BCUT2D eigenvalue weighted by Crippen LogP contribution is 2.55. The number of allylic oxidation sites excluding steroid dienone is 2. The third-order valence-electron chi connectivity index (χ3n) is 9.97. The Labute approximate surface area is 236 Å². The molecule has 2 heterocycles. The zero-order valence-corrected chi connectivity index (χ0v) is 24.3. The SMILES string of the molecule is COC[C@H]1CC[C@@H]2C1=C[C@@]1(C)CCC(C(C)C)=C1[C@@H](O[C@H]1O[C@H](CNC(=O)C3CO3)[C@@H](O)[C@H](O)[C@H]1O)[C@H](O)[C@@H]2C. The number of rotatable bonds is 8. The van der Waals surface area contributed by atoms with E-state index in [1.807, 2.05) is 0 Å². The average molecular weight is 566 g/mol. The molecule has 0 bridgehead atoms. The first-order valence-corrected chi connectivity index (χ1v) is 14.8. The van der Waals surface area contributed by atoms with Gasteiger partial charge in [-0.3, -0.25) is 4.79 Å². The van der Waals surface area contributed by atoms with Crippen molar-refractivity contribution in [3.63, 3.8) is 0 Å². The standard InChI is InChI=1S/C30H47NO9/c1-14(2)17-8-9-30(4)10-19-16(12-37-5)6-7-18(19)15(3)23(32)27(22(17)30)40-29-26(35)25(34)24(33)20(39-29)11-31-28(36)21-13-38-21/h10,14-16,18,20-21,23-27,29,32-35H,6-9,11-13H2,1-5H3,(H,31,36)/t15-,16-,18+,20-,21?,23-,24-,25+,26-,27-,29-,30-/m1/s1. The van der Waals surface area contributed by atoms with E-state index in [1.54, 1.807) is 7.11 Å². The predicted octanol–water partition coefficient (Wildman–Crippen LogP) is 1.06. The average Bonchev–Trinajstić information content (AvgIpc) is 3.63. The fraction of sp³-hybridized carbons (Fsp3) is 0.833. The van der Waals surface area contributed by atoms with Crippen LogP contribution >= 0.6 is 0 Å². The molecule has 12 atom stereocenters. The number of carbonyl (C=O) groups is 1. The van der Waals surface area contributed by atoms with Crippen LogP contribution in [-0.2, 0) is 23.7 Å². The number of amides is 1. The molecule has 3 fully saturated rings. The smallest absolute Gasteiger partial charge is 0.251 e. The summed E-state index contributed by atoms with van der Waals surface area (Å²) in [4.78, 5) is 12.1. The third-order valence-corrected chi connectivity index (χ3v) is 9.97. The van der Waals surface area contributed by atoms with Crippen LogP contribution < -0.4 is 5.32 Å². The van der Waals surface area contributed by atoms with Crippen molar-refractivity contribution in [2.45, 2.75) is 102 Å². The Morgan fingerprint density at radius 2 is 1.88 bits per heavy atom. The van der Waals surface area contributed by atoms with Crippen LogP contribution in [0, 0.1) is 29.1 Å². The number of carbonyl (C=O) groups excluding carboxylic acids is 1. The molecule has 0 aromatic carbocycles. The molecule has 3 aliphatic carbocycles. The van der Waals surface area contributed by atoms with Gasteiger partial charge in [-0.25, -0.2) is 0 Å². The minimum Gasteiger partial charge on any atom is -0.390 e. The number of hydrogen-bond donors (Lipinski definition) is 5. The van der Waals surface area contributed by atoms with E-state index in [0.29, 0.717) is 19.1 Å². The number of epoxide rings is 1.